The maximum absolute atomic E-state index is 12.8. The van der Waals surface area contributed by atoms with Gasteiger partial charge in [0.1, 0.15) is 0 Å². The molecule has 0 saturated carbocycles. The van der Waals surface area contributed by atoms with Crippen molar-refractivity contribution in [1.29, 1.82) is 0 Å². The summed E-state index contributed by atoms with van der Waals surface area (Å²) in [5.74, 6) is 0.898. The molecule has 0 amide bonds. The topological polar surface area (TPSA) is 58.2 Å². The fraction of sp³-hybridized carbons (Fsp3) is 0.478. The number of nitrogens with one attached hydrogen (secondary N) is 2. The Kier molecular flexibility index (Phi) is 6.78. The van der Waals surface area contributed by atoms with Gasteiger partial charge in [-0.2, -0.15) is 0 Å². The highest BCUT2D eigenvalue weighted by atomic mass is 32.2. The largest absolute Gasteiger partial charge is 0.316 e. The van der Waals surface area contributed by atoms with Gasteiger partial charge in [0.15, 0.2) is 0 Å². The summed E-state index contributed by atoms with van der Waals surface area (Å²) in [6, 6.07) is 13.2. The van der Waals surface area contributed by atoms with Crippen LogP contribution in [0.5, 0.6) is 0 Å². The van der Waals surface area contributed by atoms with Crippen LogP contribution >= 0.6 is 0 Å². The summed E-state index contributed by atoms with van der Waals surface area (Å²) in [7, 11) is -3.58. The van der Waals surface area contributed by atoms with Crippen LogP contribution in [0.2, 0.25) is 0 Å². The molecule has 2 aromatic rings. The van der Waals surface area contributed by atoms with Gasteiger partial charge in [-0.3, -0.25) is 4.72 Å². The van der Waals surface area contributed by atoms with Crippen LogP contribution in [0.1, 0.15) is 68.6 Å². The molecule has 0 aromatic heterocycles. The van der Waals surface area contributed by atoms with Crippen LogP contribution in [-0.4, -0.2) is 21.5 Å². The van der Waals surface area contributed by atoms with Gasteiger partial charge in [0.05, 0.1) is 4.90 Å². The number of aryl methyl sites for hydroxylation is 1. The maximum atomic E-state index is 12.8. The van der Waals surface area contributed by atoms with Crippen molar-refractivity contribution in [1.82, 2.24) is 5.32 Å². The number of rotatable bonds is 8. The lowest BCUT2D eigenvalue weighted by atomic mass is 9.82. The Morgan fingerprint density at radius 3 is 2.54 bits per heavy atom. The molecule has 1 aliphatic carbocycles. The summed E-state index contributed by atoms with van der Waals surface area (Å²) in [5.41, 5.74) is 4.41. The van der Waals surface area contributed by atoms with Crippen LogP contribution in [0.4, 0.5) is 5.69 Å². The van der Waals surface area contributed by atoms with E-state index >= 15 is 0 Å². The number of anilines is 1. The normalized spacial score (nSPS) is 16.8. The Morgan fingerprint density at radius 2 is 1.86 bits per heavy atom. The highest BCUT2D eigenvalue weighted by Crippen LogP contribution is 2.33. The minimum Gasteiger partial charge on any atom is -0.316 e. The summed E-state index contributed by atoms with van der Waals surface area (Å²) in [6.07, 6.45) is 4.49. The van der Waals surface area contributed by atoms with Crippen molar-refractivity contribution in [2.75, 3.05) is 17.8 Å². The van der Waals surface area contributed by atoms with Gasteiger partial charge in [-0.05, 0) is 85.0 Å². The highest BCUT2D eigenvalue weighted by molar-refractivity contribution is 7.92. The van der Waals surface area contributed by atoms with E-state index in [1.54, 1.807) is 12.1 Å². The molecule has 4 nitrogen and oxygen atoms in total. The lowest BCUT2D eigenvalue weighted by Gasteiger charge is -2.26. The molecule has 0 spiro atoms. The molecule has 0 bridgehead atoms. The predicted molar refractivity (Wildman–Crippen MR) is 117 cm³/mol. The second-order valence-electron chi connectivity index (χ2n) is 8.04. The second-order valence-corrected chi connectivity index (χ2v) is 9.72. The Labute approximate surface area is 169 Å². The summed E-state index contributed by atoms with van der Waals surface area (Å²) in [4.78, 5) is 0.302. The van der Waals surface area contributed by atoms with E-state index in [0.29, 0.717) is 22.4 Å². The Bertz CT molecular complexity index is 889. The van der Waals surface area contributed by atoms with Crippen LogP contribution in [0.15, 0.2) is 47.4 Å². The zero-order valence-electron chi connectivity index (χ0n) is 17.2. The van der Waals surface area contributed by atoms with Crippen LogP contribution in [-0.2, 0) is 16.4 Å². The molecule has 1 unspecified atom stereocenters. The quantitative estimate of drug-likeness (QED) is 0.611. The summed E-state index contributed by atoms with van der Waals surface area (Å²) < 4.78 is 28.3. The van der Waals surface area contributed by atoms with E-state index in [1.165, 1.54) is 17.5 Å². The molecule has 5 heteroatoms. The lowest BCUT2D eigenvalue weighted by molar-refractivity contribution is 0.507. The Morgan fingerprint density at radius 1 is 1.11 bits per heavy atom. The van der Waals surface area contributed by atoms with E-state index in [1.807, 2.05) is 24.3 Å². The molecule has 0 aliphatic heterocycles. The van der Waals surface area contributed by atoms with E-state index < -0.39 is 10.0 Å². The van der Waals surface area contributed by atoms with Gasteiger partial charge in [0.25, 0.3) is 10.0 Å². The summed E-state index contributed by atoms with van der Waals surface area (Å²) >= 11 is 0. The first-order valence-corrected chi connectivity index (χ1v) is 11.9. The van der Waals surface area contributed by atoms with E-state index in [0.717, 1.165) is 37.9 Å². The predicted octanol–water partition coefficient (Wildman–Crippen LogP) is 5.03. The number of fused-ring (bicyclic) bond motifs is 1. The van der Waals surface area contributed by atoms with Crippen molar-refractivity contribution < 1.29 is 8.42 Å². The third-order valence-corrected chi connectivity index (χ3v) is 6.91. The van der Waals surface area contributed by atoms with Crippen molar-refractivity contribution in [2.45, 2.75) is 63.2 Å². The van der Waals surface area contributed by atoms with Crippen molar-refractivity contribution in [3.63, 3.8) is 0 Å². The van der Waals surface area contributed by atoms with Gasteiger partial charge in [0, 0.05) is 12.2 Å². The molecule has 28 heavy (non-hydrogen) atoms. The monoisotopic (exact) mass is 400 g/mol. The van der Waals surface area contributed by atoms with Crippen LogP contribution in [0.3, 0.4) is 0 Å². The first-order valence-electron chi connectivity index (χ1n) is 10.4. The molecule has 1 aliphatic rings. The van der Waals surface area contributed by atoms with Gasteiger partial charge in [0.2, 0.25) is 0 Å². The number of benzene rings is 2. The highest BCUT2D eigenvalue weighted by Gasteiger charge is 2.21. The first-order chi connectivity index (χ1) is 13.4. The van der Waals surface area contributed by atoms with Gasteiger partial charge in [-0.25, -0.2) is 8.42 Å². The Balaban J connectivity index is 1.75. The Hall–Kier alpha value is -1.85. The number of hydrogen-bond acceptors (Lipinski definition) is 3. The van der Waals surface area contributed by atoms with Crippen LogP contribution < -0.4 is 10.0 Å². The molecule has 0 heterocycles. The number of sulfonamides is 1. The minimum absolute atomic E-state index is 0.302. The van der Waals surface area contributed by atoms with E-state index in [-0.39, 0.29) is 0 Å². The van der Waals surface area contributed by atoms with Crippen LogP contribution in [0, 0.1) is 0 Å². The van der Waals surface area contributed by atoms with E-state index in [2.05, 4.69) is 36.9 Å². The molecule has 1 atom stereocenters. The number of hydrogen-bond donors (Lipinski definition) is 2. The van der Waals surface area contributed by atoms with Crippen molar-refractivity contribution >= 4 is 15.7 Å². The lowest BCUT2D eigenvalue weighted by Crippen LogP contribution is -2.25. The molecule has 0 fully saturated rings. The van der Waals surface area contributed by atoms with Gasteiger partial charge < -0.3 is 5.32 Å². The standard InChI is InChI=1S/C23H32N2O2S/c1-4-14-24-16-20-7-5-6-19-15-21(10-13-23(19)20)25-28(26,27)22-11-8-18(9-12-22)17(2)3/h8-13,15,17,20,24-25H,4-7,14,16H2,1-3H3. The molecule has 2 N–H and O–H groups in total. The fourth-order valence-corrected chi connectivity index (χ4v) is 4.94. The van der Waals surface area contributed by atoms with Gasteiger partial charge in [-0.15, -0.1) is 0 Å². The van der Waals surface area contributed by atoms with E-state index in [9.17, 15) is 8.42 Å². The summed E-state index contributed by atoms with van der Waals surface area (Å²) in [5, 5.41) is 3.52. The third-order valence-electron chi connectivity index (χ3n) is 5.51. The SMILES string of the molecule is CCCNCC1CCCc2cc(NS(=O)(=O)c3ccc(C(C)C)cc3)ccc21. The zero-order valence-corrected chi connectivity index (χ0v) is 18.0. The molecule has 152 valence electrons. The fourth-order valence-electron chi connectivity index (χ4n) is 3.89. The van der Waals surface area contributed by atoms with Gasteiger partial charge in [-0.1, -0.05) is 39.0 Å². The molecule has 3 rings (SSSR count). The minimum atomic E-state index is -3.58. The molecule has 0 saturated heterocycles. The molecule has 0 radical (unpaired) electrons. The van der Waals surface area contributed by atoms with Crippen LogP contribution in [0.25, 0.3) is 0 Å². The van der Waals surface area contributed by atoms with Gasteiger partial charge >= 0.3 is 0 Å². The van der Waals surface area contributed by atoms with E-state index in [4.69, 9.17) is 0 Å². The third kappa shape index (κ3) is 4.95. The second kappa shape index (κ2) is 9.10. The molecule has 2 aromatic carbocycles. The molecular weight excluding hydrogens is 368 g/mol. The van der Waals surface area contributed by atoms with Crippen molar-refractivity contribution in [2.24, 2.45) is 0 Å². The smallest absolute Gasteiger partial charge is 0.261 e. The maximum Gasteiger partial charge on any atom is 0.261 e. The molecular formula is C23H32N2O2S. The summed E-state index contributed by atoms with van der Waals surface area (Å²) in [6.45, 7) is 8.41. The zero-order chi connectivity index (χ0) is 20.1. The first kappa shape index (κ1) is 20.9. The van der Waals surface area contributed by atoms with Crippen molar-refractivity contribution in [3.8, 4) is 0 Å². The van der Waals surface area contributed by atoms with Crippen molar-refractivity contribution in [3.05, 3.63) is 59.2 Å². The average Bonchev–Trinajstić information content (AvgIpc) is 2.68. The average molecular weight is 401 g/mol.